The molecule has 15 heavy (non-hydrogen) atoms. The van der Waals surface area contributed by atoms with E-state index in [1.165, 1.54) is 0 Å². The highest BCUT2D eigenvalue weighted by Crippen LogP contribution is 2.18. The molecule has 0 aromatic heterocycles. The van der Waals surface area contributed by atoms with Crippen molar-refractivity contribution in [2.75, 3.05) is 19.8 Å². The van der Waals surface area contributed by atoms with Crippen LogP contribution in [0.2, 0.25) is 0 Å². The van der Waals surface area contributed by atoms with Crippen LogP contribution in [-0.2, 0) is 9.53 Å². The third kappa shape index (κ3) is 3.45. The average molecular weight is 278 g/mol. The zero-order valence-electron chi connectivity index (χ0n) is 9.70. The first kappa shape index (κ1) is 13.0. The number of amides is 1. The first-order chi connectivity index (χ1) is 7.04. The minimum atomic E-state index is -0.0713. The summed E-state index contributed by atoms with van der Waals surface area (Å²) in [5, 5.41) is 0. The van der Waals surface area contributed by atoms with E-state index in [0.717, 1.165) is 19.6 Å². The fourth-order valence-corrected chi connectivity index (χ4v) is 1.94. The molecule has 1 aliphatic rings. The molecule has 3 nitrogen and oxygen atoms in total. The highest BCUT2D eigenvalue weighted by molar-refractivity contribution is 9.10. The van der Waals surface area contributed by atoms with Crippen molar-refractivity contribution < 1.29 is 9.53 Å². The number of carbonyl (C=O) groups is 1. The quantitative estimate of drug-likeness (QED) is 0.723. The van der Waals surface area contributed by atoms with Crippen LogP contribution in [0.4, 0.5) is 0 Å². The molecule has 2 unspecified atom stereocenters. The van der Waals surface area contributed by atoms with Crippen molar-refractivity contribution >= 4 is 21.8 Å². The van der Waals surface area contributed by atoms with Crippen molar-refractivity contribution in [2.45, 2.75) is 38.1 Å². The molecule has 1 fully saturated rings. The van der Waals surface area contributed by atoms with Crippen LogP contribution in [0.15, 0.2) is 0 Å². The molecule has 1 rings (SSSR count). The Kier molecular flexibility index (Phi) is 5.06. The van der Waals surface area contributed by atoms with Crippen LogP contribution in [0.5, 0.6) is 0 Å². The molecular formula is C11H20BrNO2. The van der Waals surface area contributed by atoms with E-state index in [-0.39, 0.29) is 16.8 Å². The number of alkyl halides is 1. The Morgan fingerprint density at radius 2 is 2.20 bits per heavy atom. The van der Waals surface area contributed by atoms with Crippen molar-refractivity contribution in [1.29, 1.82) is 0 Å². The van der Waals surface area contributed by atoms with Crippen LogP contribution in [0.25, 0.3) is 0 Å². The zero-order chi connectivity index (χ0) is 11.4. The Bertz CT molecular complexity index is 221. The minimum Gasteiger partial charge on any atom is -0.379 e. The van der Waals surface area contributed by atoms with Gasteiger partial charge in [-0.25, -0.2) is 0 Å². The molecule has 0 aromatic carbocycles. The maximum atomic E-state index is 12.1. The third-order valence-corrected chi connectivity index (χ3v) is 4.13. The van der Waals surface area contributed by atoms with Gasteiger partial charge in [-0.2, -0.15) is 0 Å². The summed E-state index contributed by atoms with van der Waals surface area (Å²) in [7, 11) is 0. The molecule has 0 saturated carbocycles. The lowest BCUT2D eigenvalue weighted by Gasteiger charge is -2.29. The van der Waals surface area contributed by atoms with E-state index in [2.05, 4.69) is 29.8 Å². The number of halogens is 1. The van der Waals surface area contributed by atoms with Crippen LogP contribution in [0, 0.1) is 5.92 Å². The maximum Gasteiger partial charge on any atom is 0.236 e. The molecule has 0 aromatic rings. The van der Waals surface area contributed by atoms with Gasteiger partial charge < -0.3 is 9.64 Å². The van der Waals surface area contributed by atoms with Crippen LogP contribution < -0.4 is 0 Å². The summed E-state index contributed by atoms with van der Waals surface area (Å²) >= 11 is 3.46. The number of hydrogen-bond donors (Lipinski definition) is 0. The number of rotatable bonds is 2. The standard InChI is InChI=1S/C11H20BrNO2/c1-8(2)10(12)11(14)13-5-4-6-15-7-9(13)3/h8-10H,4-7H2,1-3H3. The molecule has 0 spiro atoms. The maximum absolute atomic E-state index is 12.1. The van der Waals surface area contributed by atoms with Gasteiger partial charge in [0.05, 0.1) is 17.5 Å². The molecule has 88 valence electrons. The number of ether oxygens (including phenoxy) is 1. The Hall–Kier alpha value is -0.0900. The average Bonchev–Trinajstić information content (AvgIpc) is 2.40. The normalized spacial score (nSPS) is 25.1. The van der Waals surface area contributed by atoms with E-state index >= 15 is 0 Å². The largest absolute Gasteiger partial charge is 0.379 e. The van der Waals surface area contributed by atoms with Crippen LogP contribution in [0.1, 0.15) is 27.2 Å². The van der Waals surface area contributed by atoms with Crippen molar-refractivity contribution in [3.05, 3.63) is 0 Å². The predicted octanol–water partition coefficient (Wildman–Crippen LogP) is 2.04. The number of carbonyl (C=O) groups excluding carboxylic acids is 1. The molecular weight excluding hydrogens is 258 g/mol. The highest BCUT2D eigenvalue weighted by atomic mass is 79.9. The SMILES string of the molecule is CC(C)C(Br)C(=O)N1CCCOCC1C. The second-order valence-electron chi connectivity index (χ2n) is 4.45. The summed E-state index contributed by atoms with van der Waals surface area (Å²) in [6.45, 7) is 8.39. The van der Waals surface area contributed by atoms with Gasteiger partial charge in [-0.3, -0.25) is 4.79 Å². The van der Waals surface area contributed by atoms with E-state index in [0.29, 0.717) is 12.5 Å². The Morgan fingerprint density at radius 3 is 2.80 bits per heavy atom. The van der Waals surface area contributed by atoms with E-state index < -0.39 is 0 Å². The second-order valence-corrected chi connectivity index (χ2v) is 5.44. The summed E-state index contributed by atoms with van der Waals surface area (Å²) in [6.07, 6.45) is 0.938. The van der Waals surface area contributed by atoms with Gasteiger partial charge in [0.2, 0.25) is 5.91 Å². The van der Waals surface area contributed by atoms with Gasteiger partial charge in [0.15, 0.2) is 0 Å². The van der Waals surface area contributed by atoms with Crippen LogP contribution >= 0.6 is 15.9 Å². The molecule has 2 atom stereocenters. The number of hydrogen-bond acceptors (Lipinski definition) is 2. The summed E-state index contributed by atoms with van der Waals surface area (Å²) in [4.78, 5) is 14.0. The Labute approximate surface area is 100 Å². The van der Waals surface area contributed by atoms with E-state index in [1.54, 1.807) is 0 Å². The fraction of sp³-hybridized carbons (Fsp3) is 0.909. The second kappa shape index (κ2) is 5.85. The Balaban J connectivity index is 2.63. The van der Waals surface area contributed by atoms with Gasteiger partial charge >= 0.3 is 0 Å². The summed E-state index contributed by atoms with van der Waals surface area (Å²) in [5.74, 6) is 0.525. The third-order valence-electron chi connectivity index (χ3n) is 2.68. The Morgan fingerprint density at radius 1 is 1.53 bits per heavy atom. The van der Waals surface area contributed by atoms with Crippen molar-refractivity contribution in [2.24, 2.45) is 5.92 Å². The summed E-state index contributed by atoms with van der Waals surface area (Å²) in [6, 6.07) is 0.193. The molecule has 0 N–H and O–H groups in total. The fourth-order valence-electron chi connectivity index (χ4n) is 1.67. The molecule has 1 amide bonds. The van der Waals surface area contributed by atoms with Gasteiger partial charge in [0.1, 0.15) is 0 Å². The van der Waals surface area contributed by atoms with Gasteiger partial charge in [-0.15, -0.1) is 0 Å². The summed E-state index contributed by atoms with van der Waals surface area (Å²) < 4.78 is 5.42. The minimum absolute atomic E-state index is 0.0713. The van der Waals surface area contributed by atoms with Gasteiger partial charge in [-0.05, 0) is 19.3 Å². The number of nitrogens with zero attached hydrogens (tertiary/aromatic N) is 1. The molecule has 0 bridgehead atoms. The van der Waals surface area contributed by atoms with Crippen LogP contribution in [-0.4, -0.2) is 41.4 Å². The first-order valence-corrected chi connectivity index (χ1v) is 6.48. The zero-order valence-corrected chi connectivity index (χ0v) is 11.3. The lowest BCUT2D eigenvalue weighted by Crippen LogP contribution is -2.45. The summed E-state index contributed by atoms with van der Waals surface area (Å²) in [5.41, 5.74) is 0. The van der Waals surface area contributed by atoms with E-state index in [1.807, 2.05) is 11.8 Å². The molecule has 4 heteroatoms. The molecule has 1 heterocycles. The van der Waals surface area contributed by atoms with Gasteiger partial charge in [0, 0.05) is 13.2 Å². The highest BCUT2D eigenvalue weighted by Gasteiger charge is 2.28. The predicted molar refractivity (Wildman–Crippen MR) is 64.2 cm³/mol. The molecule has 0 aliphatic carbocycles. The lowest BCUT2D eigenvalue weighted by atomic mass is 10.1. The van der Waals surface area contributed by atoms with Crippen molar-refractivity contribution in [1.82, 2.24) is 4.90 Å². The molecule has 1 saturated heterocycles. The monoisotopic (exact) mass is 277 g/mol. The van der Waals surface area contributed by atoms with Crippen LogP contribution in [0.3, 0.4) is 0 Å². The lowest BCUT2D eigenvalue weighted by molar-refractivity contribution is -0.133. The van der Waals surface area contributed by atoms with Gasteiger partial charge in [0.25, 0.3) is 0 Å². The van der Waals surface area contributed by atoms with E-state index in [9.17, 15) is 4.79 Å². The van der Waals surface area contributed by atoms with Crippen molar-refractivity contribution in [3.63, 3.8) is 0 Å². The molecule has 1 aliphatic heterocycles. The molecule has 0 radical (unpaired) electrons. The first-order valence-electron chi connectivity index (χ1n) is 5.56. The smallest absolute Gasteiger partial charge is 0.236 e. The van der Waals surface area contributed by atoms with Crippen molar-refractivity contribution in [3.8, 4) is 0 Å². The van der Waals surface area contributed by atoms with E-state index in [4.69, 9.17) is 4.74 Å². The van der Waals surface area contributed by atoms with Gasteiger partial charge in [-0.1, -0.05) is 29.8 Å². The topological polar surface area (TPSA) is 29.5 Å².